The number of rotatable bonds is 8. The third kappa shape index (κ3) is 5.51. The highest BCUT2D eigenvalue weighted by Gasteiger charge is 2.15. The summed E-state index contributed by atoms with van der Waals surface area (Å²) in [5.74, 6) is 1.44. The summed E-state index contributed by atoms with van der Waals surface area (Å²) in [6, 6.07) is 20.1. The molecular weight excluding hydrogens is 438 g/mol. The van der Waals surface area contributed by atoms with Gasteiger partial charge in [-0.3, -0.25) is 0 Å². The lowest BCUT2D eigenvalue weighted by Gasteiger charge is -2.17. The van der Waals surface area contributed by atoms with Gasteiger partial charge in [0.25, 0.3) is 0 Å². The number of hydrogen-bond donors (Lipinski definition) is 1. The van der Waals surface area contributed by atoms with Crippen LogP contribution in [0.4, 0.5) is 0 Å². The fourth-order valence-electron chi connectivity index (χ4n) is 2.89. The monoisotopic (exact) mass is 459 g/mol. The van der Waals surface area contributed by atoms with E-state index in [-0.39, 0.29) is 0 Å². The van der Waals surface area contributed by atoms with Crippen molar-refractivity contribution < 1.29 is 9.47 Å². The lowest BCUT2D eigenvalue weighted by Crippen LogP contribution is -2.14. The Hall–Kier alpha value is -2.01. The number of benzene rings is 3. The van der Waals surface area contributed by atoms with E-state index in [0.717, 1.165) is 27.9 Å². The molecule has 0 spiro atoms. The van der Waals surface area contributed by atoms with Gasteiger partial charge in [-0.05, 0) is 42.3 Å². The van der Waals surface area contributed by atoms with Crippen molar-refractivity contribution in [3.63, 3.8) is 0 Å². The van der Waals surface area contributed by atoms with E-state index in [1.807, 2.05) is 36.4 Å². The first-order valence-corrected chi connectivity index (χ1v) is 10.2. The molecule has 0 unspecified atom stereocenters. The molecule has 0 aliphatic rings. The van der Waals surface area contributed by atoms with Crippen molar-refractivity contribution in [3.8, 4) is 11.5 Å². The van der Waals surface area contributed by atoms with Crippen molar-refractivity contribution in [2.75, 3.05) is 7.11 Å². The van der Waals surface area contributed by atoms with E-state index in [0.29, 0.717) is 23.9 Å². The smallest absolute Gasteiger partial charge is 0.167 e. The lowest BCUT2D eigenvalue weighted by molar-refractivity contribution is 0.280. The molecule has 0 atom stereocenters. The average Bonchev–Trinajstić information content (AvgIpc) is 2.69. The summed E-state index contributed by atoms with van der Waals surface area (Å²) in [6.07, 6.45) is 0. The van der Waals surface area contributed by atoms with Crippen molar-refractivity contribution >= 4 is 27.5 Å². The first-order valence-electron chi connectivity index (χ1n) is 9.05. The van der Waals surface area contributed by atoms with Crippen molar-refractivity contribution in [1.82, 2.24) is 5.32 Å². The Morgan fingerprint density at radius 1 is 0.964 bits per heavy atom. The summed E-state index contributed by atoms with van der Waals surface area (Å²) in [5, 5.41) is 4.19. The molecule has 0 heterocycles. The van der Waals surface area contributed by atoms with Crippen LogP contribution in [-0.4, -0.2) is 7.11 Å². The van der Waals surface area contributed by atoms with E-state index in [9.17, 15) is 0 Å². The Balaban J connectivity index is 1.74. The zero-order valence-corrected chi connectivity index (χ0v) is 18.3. The van der Waals surface area contributed by atoms with Gasteiger partial charge in [-0.15, -0.1) is 0 Å². The molecule has 3 aromatic carbocycles. The largest absolute Gasteiger partial charge is 0.493 e. The minimum atomic E-state index is 0.415. The van der Waals surface area contributed by atoms with Crippen LogP contribution in [0.1, 0.15) is 22.3 Å². The predicted octanol–water partition coefficient (Wildman–Crippen LogP) is 6.29. The summed E-state index contributed by atoms with van der Waals surface area (Å²) in [6.45, 7) is 3.93. The fourth-order valence-corrected chi connectivity index (χ4v) is 3.55. The van der Waals surface area contributed by atoms with Gasteiger partial charge >= 0.3 is 0 Å². The molecule has 1 N–H and O–H groups in total. The Morgan fingerprint density at radius 2 is 1.75 bits per heavy atom. The van der Waals surface area contributed by atoms with Crippen LogP contribution in [0.5, 0.6) is 11.5 Å². The van der Waals surface area contributed by atoms with Gasteiger partial charge in [-0.25, -0.2) is 0 Å². The van der Waals surface area contributed by atoms with Crippen molar-refractivity contribution in [1.29, 1.82) is 0 Å². The maximum atomic E-state index is 6.15. The second-order valence-corrected chi connectivity index (χ2v) is 7.86. The van der Waals surface area contributed by atoms with Gasteiger partial charge in [0.1, 0.15) is 6.61 Å². The molecule has 0 fully saturated rings. The van der Waals surface area contributed by atoms with Crippen molar-refractivity contribution in [3.05, 3.63) is 92.4 Å². The first kappa shape index (κ1) is 20.7. The van der Waals surface area contributed by atoms with Crippen molar-refractivity contribution in [2.24, 2.45) is 0 Å². The maximum absolute atomic E-state index is 6.15. The van der Waals surface area contributed by atoms with E-state index in [4.69, 9.17) is 21.1 Å². The standard InChI is InChI=1S/C23H23BrClNO2/c1-16-6-8-17(9-7-16)13-26-14-20-21(24)10-11-22(27-2)23(20)28-15-18-4-3-5-19(25)12-18/h3-12,26H,13-15H2,1-2H3. The van der Waals surface area contributed by atoms with Gasteiger partial charge in [0.2, 0.25) is 0 Å². The van der Waals surface area contributed by atoms with Gasteiger partial charge in [-0.2, -0.15) is 0 Å². The molecule has 0 aliphatic heterocycles. The Morgan fingerprint density at radius 3 is 2.46 bits per heavy atom. The molecule has 0 saturated carbocycles. The molecule has 3 nitrogen and oxygen atoms in total. The lowest BCUT2D eigenvalue weighted by atomic mass is 10.1. The first-order chi connectivity index (χ1) is 13.6. The molecule has 0 aromatic heterocycles. The minimum absolute atomic E-state index is 0.415. The molecule has 0 saturated heterocycles. The third-order valence-corrected chi connectivity index (χ3v) is 5.39. The number of nitrogens with one attached hydrogen (secondary N) is 1. The summed E-state index contributed by atoms with van der Waals surface area (Å²) in [7, 11) is 1.65. The normalized spacial score (nSPS) is 10.7. The van der Waals surface area contributed by atoms with Crippen LogP contribution in [0.25, 0.3) is 0 Å². The van der Waals surface area contributed by atoms with E-state index in [1.54, 1.807) is 7.11 Å². The highest BCUT2D eigenvalue weighted by Crippen LogP contribution is 2.37. The Bertz CT molecular complexity index is 928. The summed E-state index contributed by atoms with van der Waals surface area (Å²) in [4.78, 5) is 0. The van der Waals surface area contributed by atoms with Crippen LogP contribution in [0.15, 0.2) is 65.1 Å². The van der Waals surface area contributed by atoms with E-state index < -0.39 is 0 Å². The van der Waals surface area contributed by atoms with Crippen molar-refractivity contribution in [2.45, 2.75) is 26.6 Å². The quantitative estimate of drug-likeness (QED) is 0.428. The van der Waals surface area contributed by atoms with E-state index >= 15 is 0 Å². The second kappa shape index (κ2) is 9.97. The van der Waals surface area contributed by atoms with E-state index in [1.165, 1.54) is 11.1 Å². The number of methoxy groups -OCH3 is 1. The zero-order chi connectivity index (χ0) is 19.9. The number of halogens is 2. The van der Waals surface area contributed by atoms with Gasteiger partial charge in [0, 0.05) is 28.1 Å². The molecule has 0 bridgehead atoms. The Labute approximate surface area is 179 Å². The van der Waals surface area contributed by atoms with E-state index in [2.05, 4.69) is 52.4 Å². The van der Waals surface area contributed by atoms with Crippen LogP contribution < -0.4 is 14.8 Å². The SMILES string of the molecule is COc1ccc(Br)c(CNCc2ccc(C)cc2)c1OCc1cccc(Cl)c1. The van der Waals surface area contributed by atoms with Crippen LogP contribution in [-0.2, 0) is 19.7 Å². The molecule has 3 aromatic rings. The second-order valence-electron chi connectivity index (χ2n) is 6.57. The van der Waals surface area contributed by atoms with Gasteiger partial charge in [0.15, 0.2) is 11.5 Å². The molecule has 0 radical (unpaired) electrons. The molecule has 0 aliphatic carbocycles. The molecule has 3 rings (SSSR count). The van der Waals surface area contributed by atoms with Gasteiger partial charge in [0.05, 0.1) is 7.11 Å². The molecule has 5 heteroatoms. The number of ether oxygens (including phenoxy) is 2. The minimum Gasteiger partial charge on any atom is -0.493 e. The summed E-state index contributed by atoms with van der Waals surface area (Å²) >= 11 is 9.73. The molecule has 0 amide bonds. The maximum Gasteiger partial charge on any atom is 0.167 e. The molecular formula is C23H23BrClNO2. The van der Waals surface area contributed by atoms with Gasteiger partial charge < -0.3 is 14.8 Å². The summed E-state index contributed by atoms with van der Waals surface area (Å²) < 4.78 is 12.7. The fraction of sp³-hybridized carbons (Fsp3) is 0.217. The zero-order valence-electron chi connectivity index (χ0n) is 16.0. The molecule has 28 heavy (non-hydrogen) atoms. The third-order valence-electron chi connectivity index (χ3n) is 4.41. The van der Waals surface area contributed by atoms with Crippen LogP contribution in [0.3, 0.4) is 0 Å². The van der Waals surface area contributed by atoms with Crippen LogP contribution in [0, 0.1) is 6.92 Å². The average molecular weight is 461 g/mol. The van der Waals surface area contributed by atoms with Gasteiger partial charge in [-0.1, -0.05) is 69.5 Å². The van der Waals surface area contributed by atoms with Crippen LogP contribution >= 0.6 is 27.5 Å². The highest BCUT2D eigenvalue weighted by atomic mass is 79.9. The van der Waals surface area contributed by atoms with Crippen LogP contribution in [0.2, 0.25) is 5.02 Å². The molecule has 146 valence electrons. The Kier molecular flexibility index (Phi) is 7.37. The number of hydrogen-bond acceptors (Lipinski definition) is 3. The topological polar surface area (TPSA) is 30.5 Å². The summed E-state index contributed by atoms with van der Waals surface area (Å²) in [5.41, 5.74) is 4.53. The predicted molar refractivity (Wildman–Crippen MR) is 118 cm³/mol. The highest BCUT2D eigenvalue weighted by molar-refractivity contribution is 9.10. The number of aryl methyl sites for hydroxylation is 1.